The van der Waals surface area contributed by atoms with Crippen molar-refractivity contribution >= 4 is 18.0 Å². The minimum Gasteiger partial charge on any atom is -0.383 e. The fraction of sp³-hybridized carbons (Fsp3) is 0. The second-order valence-electron chi connectivity index (χ2n) is 1.71. The van der Waals surface area contributed by atoms with Gasteiger partial charge in [0.1, 0.15) is 5.82 Å². The Morgan fingerprint density at radius 2 is 2.20 bits per heavy atom. The average molecular weight is 137 g/mol. The number of nitrogen functional groups attached to an aromatic ring is 2. The number of aromatic nitrogens is 2. The van der Waals surface area contributed by atoms with E-state index in [1.807, 2.05) is 0 Å². The van der Waals surface area contributed by atoms with Crippen LogP contribution in [0.15, 0.2) is 6.20 Å². The molecule has 0 unspecified atom stereocenters. The summed E-state index contributed by atoms with van der Waals surface area (Å²) in [4.78, 5) is 7.28. The zero-order valence-electron chi connectivity index (χ0n) is 5.20. The van der Waals surface area contributed by atoms with E-state index < -0.39 is 0 Å². The van der Waals surface area contributed by atoms with Gasteiger partial charge in [-0.15, -0.1) is 0 Å². The number of hydrogen-bond acceptors (Lipinski definition) is 5. The number of anilines is 2. The first kappa shape index (κ1) is 6.47. The van der Waals surface area contributed by atoms with Crippen LogP contribution in [-0.2, 0) is 0 Å². The third-order valence-electron chi connectivity index (χ3n) is 1.02. The molecule has 5 heteroatoms. The van der Waals surface area contributed by atoms with Gasteiger partial charge in [0.15, 0.2) is 0 Å². The number of nitrogens with one attached hydrogen (secondary N) is 1. The van der Waals surface area contributed by atoms with E-state index in [1.165, 1.54) is 6.20 Å². The van der Waals surface area contributed by atoms with Crippen LogP contribution in [0.3, 0.4) is 0 Å². The van der Waals surface area contributed by atoms with Crippen molar-refractivity contribution in [3.05, 3.63) is 11.8 Å². The fourth-order valence-electron chi connectivity index (χ4n) is 0.530. The second kappa shape index (κ2) is 2.30. The van der Waals surface area contributed by atoms with Crippen LogP contribution in [0.4, 0.5) is 11.8 Å². The molecular formula is C5H7N5. The van der Waals surface area contributed by atoms with Crippen LogP contribution in [0.5, 0.6) is 0 Å². The molecule has 52 valence electrons. The maximum Gasteiger partial charge on any atom is 0.221 e. The molecule has 0 radical (unpaired) electrons. The van der Waals surface area contributed by atoms with Crippen molar-refractivity contribution in [2.24, 2.45) is 0 Å². The highest BCUT2D eigenvalue weighted by atomic mass is 15.0. The van der Waals surface area contributed by atoms with Crippen molar-refractivity contribution < 1.29 is 0 Å². The number of nitrogens with zero attached hydrogens (tertiary/aromatic N) is 2. The molecule has 1 rings (SSSR count). The minimum atomic E-state index is 0.128. The molecule has 1 aromatic heterocycles. The minimum absolute atomic E-state index is 0.128. The smallest absolute Gasteiger partial charge is 0.221 e. The molecule has 0 atom stereocenters. The van der Waals surface area contributed by atoms with Crippen LogP contribution in [-0.4, -0.2) is 16.2 Å². The molecule has 0 saturated carbocycles. The van der Waals surface area contributed by atoms with Gasteiger partial charge >= 0.3 is 0 Å². The first-order valence-electron chi connectivity index (χ1n) is 2.62. The summed E-state index contributed by atoms with van der Waals surface area (Å²) in [5, 5.41) is 6.83. The Bertz CT molecular complexity index is 256. The van der Waals surface area contributed by atoms with Crippen LogP contribution < -0.4 is 11.5 Å². The van der Waals surface area contributed by atoms with Gasteiger partial charge in [-0.1, -0.05) is 0 Å². The molecule has 5 nitrogen and oxygen atoms in total. The molecule has 5 N–H and O–H groups in total. The molecule has 1 aromatic rings. The standard InChI is InChI=1S/C5H7N5/c6-1-3-2-9-5(8)10-4(3)7/h1-2,6H,(H4,7,8,9,10). The summed E-state index contributed by atoms with van der Waals surface area (Å²) in [7, 11) is 0. The summed E-state index contributed by atoms with van der Waals surface area (Å²) in [6, 6.07) is 0. The second-order valence-corrected chi connectivity index (χ2v) is 1.71. The van der Waals surface area contributed by atoms with Crippen molar-refractivity contribution in [2.75, 3.05) is 11.5 Å². The maximum absolute atomic E-state index is 6.83. The highest BCUT2D eigenvalue weighted by Gasteiger charge is 1.96. The van der Waals surface area contributed by atoms with E-state index in [4.69, 9.17) is 16.9 Å². The third-order valence-corrected chi connectivity index (χ3v) is 1.02. The van der Waals surface area contributed by atoms with E-state index in [9.17, 15) is 0 Å². The van der Waals surface area contributed by atoms with E-state index in [2.05, 4.69) is 9.97 Å². The van der Waals surface area contributed by atoms with Crippen LogP contribution in [0.25, 0.3) is 0 Å². The van der Waals surface area contributed by atoms with E-state index in [1.54, 1.807) is 0 Å². The van der Waals surface area contributed by atoms with E-state index >= 15 is 0 Å². The van der Waals surface area contributed by atoms with Crippen LogP contribution in [0.2, 0.25) is 0 Å². The van der Waals surface area contributed by atoms with Gasteiger partial charge in [0.2, 0.25) is 5.95 Å². The van der Waals surface area contributed by atoms with Crippen LogP contribution in [0, 0.1) is 5.41 Å². The van der Waals surface area contributed by atoms with Gasteiger partial charge in [-0.2, -0.15) is 4.98 Å². The van der Waals surface area contributed by atoms with Gasteiger partial charge < -0.3 is 16.9 Å². The molecule has 0 aliphatic rings. The number of hydrogen-bond donors (Lipinski definition) is 3. The number of rotatable bonds is 1. The molecule has 0 fully saturated rings. The SMILES string of the molecule is N=Cc1cnc(N)nc1N. The lowest BCUT2D eigenvalue weighted by molar-refractivity contribution is 1.19. The van der Waals surface area contributed by atoms with Gasteiger partial charge in [-0.05, 0) is 0 Å². The molecule has 0 saturated heterocycles. The lowest BCUT2D eigenvalue weighted by Crippen LogP contribution is -2.02. The Balaban J connectivity index is 3.19. The van der Waals surface area contributed by atoms with Crippen molar-refractivity contribution in [1.82, 2.24) is 9.97 Å². The molecule has 0 amide bonds. The lowest BCUT2D eigenvalue weighted by Gasteiger charge is -1.96. The van der Waals surface area contributed by atoms with Crippen molar-refractivity contribution in [3.63, 3.8) is 0 Å². The van der Waals surface area contributed by atoms with Gasteiger partial charge in [0, 0.05) is 12.4 Å². The van der Waals surface area contributed by atoms with E-state index in [0.29, 0.717) is 5.56 Å². The normalized spacial score (nSPS) is 9.20. The predicted molar refractivity (Wildman–Crippen MR) is 38.7 cm³/mol. The van der Waals surface area contributed by atoms with Gasteiger partial charge in [-0.3, -0.25) is 0 Å². The largest absolute Gasteiger partial charge is 0.383 e. The summed E-state index contributed by atoms with van der Waals surface area (Å²) in [5.41, 5.74) is 11.0. The average Bonchev–Trinajstić information content (AvgIpc) is 1.88. The van der Waals surface area contributed by atoms with Gasteiger partial charge in [-0.25, -0.2) is 4.98 Å². The molecule has 0 aromatic carbocycles. The predicted octanol–water partition coefficient (Wildman–Crippen LogP) is -0.361. The van der Waals surface area contributed by atoms with Crippen molar-refractivity contribution in [3.8, 4) is 0 Å². The molecule has 0 aliphatic heterocycles. The summed E-state index contributed by atoms with van der Waals surface area (Å²) >= 11 is 0. The number of nitrogens with two attached hydrogens (primary N) is 2. The summed E-state index contributed by atoms with van der Waals surface area (Å²) < 4.78 is 0. The van der Waals surface area contributed by atoms with E-state index in [0.717, 1.165) is 6.21 Å². The molecule has 0 aliphatic carbocycles. The van der Waals surface area contributed by atoms with Crippen molar-refractivity contribution in [1.29, 1.82) is 5.41 Å². The zero-order chi connectivity index (χ0) is 7.56. The topological polar surface area (TPSA) is 102 Å². The fourth-order valence-corrected chi connectivity index (χ4v) is 0.530. The Labute approximate surface area is 57.6 Å². The third kappa shape index (κ3) is 1.02. The summed E-state index contributed by atoms with van der Waals surface area (Å²) in [5.74, 6) is 0.366. The quantitative estimate of drug-likeness (QED) is 0.460. The van der Waals surface area contributed by atoms with Crippen LogP contribution in [0.1, 0.15) is 5.56 Å². The molecular weight excluding hydrogens is 130 g/mol. The summed E-state index contributed by atoms with van der Waals surface area (Å²) in [6.45, 7) is 0. The molecule has 0 spiro atoms. The monoisotopic (exact) mass is 137 g/mol. The Morgan fingerprint density at radius 3 is 2.70 bits per heavy atom. The first-order valence-corrected chi connectivity index (χ1v) is 2.62. The highest BCUT2D eigenvalue weighted by molar-refractivity contribution is 5.82. The van der Waals surface area contributed by atoms with Crippen molar-refractivity contribution in [2.45, 2.75) is 0 Å². The lowest BCUT2D eigenvalue weighted by atomic mass is 10.3. The maximum atomic E-state index is 6.83. The zero-order valence-corrected chi connectivity index (χ0v) is 5.20. The Kier molecular flexibility index (Phi) is 1.49. The van der Waals surface area contributed by atoms with Gasteiger partial charge in [0.05, 0.1) is 5.56 Å². The first-order chi connectivity index (χ1) is 4.74. The van der Waals surface area contributed by atoms with E-state index in [-0.39, 0.29) is 11.8 Å². The highest BCUT2D eigenvalue weighted by Crippen LogP contribution is 2.03. The van der Waals surface area contributed by atoms with Crippen LogP contribution >= 0.6 is 0 Å². The molecule has 10 heavy (non-hydrogen) atoms. The Morgan fingerprint density at radius 1 is 1.50 bits per heavy atom. The molecule has 1 heterocycles. The summed E-state index contributed by atoms with van der Waals surface area (Å²) in [6.07, 6.45) is 2.49. The van der Waals surface area contributed by atoms with Gasteiger partial charge in [0.25, 0.3) is 0 Å². The Hall–Kier alpha value is -1.65. The molecule has 0 bridgehead atoms.